The Bertz CT molecular complexity index is 235. The molecule has 88 valence electrons. The van der Waals surface area contributed by atoms with Crippen LogP contribution in [0.25, 0.3) is 0 Å². The molecule has 0 aliphatic heterocycles. The molecular formula is C9H19N3O3. The molecule has 0 rings (SSSR count). The van der Waals surface area contributed by atoms with E-state index in [1.54, 1.807) is 27.7 Å². The predicted octanol–water partition coefficient (Wildman–Crippen LogP) is 1.09. The van der Waals surface area contributed by atoms with E-state index in [1.807, 2.05) is 0 Å². The maximum atomic E-state index is 11.5. The maximum absolute atomic E-state index is 11.5. The third-order valence-corrected chi connectivity index (χ3v) is 1.56. The van der Waals surface area contributed by atoms with Crippen molar-refractivity contribution in [1.29, 1.82) is 0 Å². The molecule has 0 aromatic heterocycles. The average molecular weight is 217 g/mol. The van der Waals surface area contributed by atoms with Crippen LogP contribution in [0.1, 0.15) is 27.7 Å². The molecule has 0 radical (unpaired) electrons. The van der Waals surface area contributed by atoms with Crippen molar-refractivity contribution in [3.05, 3.63) is 0 Å². The van der Waals surface area contributed by atoms with E-state index in [2.05, 4.69) is 10.7 Å². The number of hydrazine groups is 1. The smallest absolute Gasteiger partial charge is 0.429 e. The summed E-state index contributed by atoms with van der Waals surface area (Å²) in [5, 5.41) is 3.51. The van der Waals surface area contributed by atoms with Crippen LogP contribution >= 0.6 is 0 Å². The first kappa shape index (κ1) is 13.5. The molecule has 0 aliphatic rings. The van der Waals surface area contributed by atoms with Crippen LogP contribution in [0.5, 0.6) is 0 Å². The Morgan fingerprint density at radius 2 is 1.87 bits per heavy atom. The summed E-state index contributed by atoms with van der Waals surface area (Å²) in [7, 11) is 1.47. The maximum Gasteiger partial charge on any atom is 0.429 e. The fourth-order valence-corrected chi connectivity index (χ4v) is 0.833. The van der Waals surface area contributed by atoms with Gasteiger partial charge in [-0.05, 0) is 27.7 Å². The predicted molar refractivity (Wildman–Crippen MR) is 56.2 cm³/mol. The molecule has 3 amide bonds. The number of rotatable bonds is 1. The Labute approximate surface area is 89.9 Å². The van der Waals surface area contributed by atoms with Gasteiger partial charge in [0.2, 0.25) is 0 Å². The minimum Gasteiger partial charge on any atom is -0.448 e. The lowest BCUT2D eigenvalue weighted by Gasteiger charge is -2.33. The first-order valence-corrected chi connectivity index (χ1v) is 4.78. The van der Waals surface area contributed by atoms with E-state index in [1.165, 1.54) is 7.05 Å². The Kier molecular flexibility index (Phi) is 4.90. The molecule has 0 aromatic carbocycles. The standard InChI is InChI=1S/C9H19N3O3/c1-6-15-8(14)12(9(2,3)4)11-7(13)10-5/h6H2,1-5H3,(H2,10,11,13). The quantitative estimate of drug-likeness (QED) is 0.646. The average Bonchev–Trinajstić information content (AvgIpc) is 2.12. The van der Waals surface area contributed by atoms with Crippen LogP contribution in [0, 0.1) is 0 Å². The number of hydrogen-bond acceptors (Lipinski definition) is 3. The van der Waals surface area contributed by atoms with Gasteiger partial charge < -0.3 is 10.1 Å². The van der Waals surface area contributed by atoms with Crippen molar-refractivity contribution in [2.45, 2.75) is 33.2 Å². The number of urea groups is 1. The summed E-state index contributed by atoms with van der Waals surface area (Å²) in [6.45, 7) is 7.35. The van der Waals surface area contributed by atoms with Crippen LogP contribution in [0.2, 0.25) is 0 Å². The van der Waals surface area contributed by atoms with E-state index in [-0.39, 0.29) is 6.61 Å². The van der Waals surface area contributed by atoms with Crippen molar-refractivity contribution in [3.8, 4) is 0 Å². The fourth-order valence-electron chi connectivity index (χ4n) is 0.833. The zero-order valence-electron chi connectivity index (χ0n) is 9.88. The summed E-state index contributed by atoms with van der Waals surface area (Å²) < 4.78 is 4.82. The number of ether oxygens (including phenoxy) is 1. The lowest BCUT2D eigenvalue weighted by Crippen LogP contribution is -2.57. The second-order valence-corrected chi connectivity index (χ2v) is 3.90. The second-order valence-electron chi connectivity index (χ2n) is 3.90. The first-order chi connectivity index (χ1) is 6.82. The van der Waals surface area contributed by atoms with E-state index < -0.39 is 17.7 Å². The van der Waals surface area contributed by atoms with Crippen LogP contribution in [0.4, 0.5) is 9.59 Å². The highest BCUT2D eigenvalue weighted by Gasteiger charge is 2.29. The molecule has 0 saturated carbocycles. The number of nitrogens with zero attached hydrogens (tertiary/aromatic N) is 1. The van der Waals surface area contributed by atoms with Crippen LogP contribution in [0.15, 0.2) is 0 Å². The van der Waals surface area contributed by atoms with Gasteiger partial charge in [-0.2, -0.15) is 0 Å². The number of hydrogen-bond donors (Lipinski definition) is 2. The SMILES string of the molecule is CCOC(=O)N(NC(=O)NC)C(C)(C)C. The molecule has 0 fully saturated rings. The van der Waals surface area contributed by atoms with E-state index in [9.17, 15) is 9.59 Å². The minimum absolute atomic E-state index is 0.265. The van der Waals surface area contributed by atoms with E-state index >= 15 is 0 Å². The Morgan fingerprint density at radius 3 is 2.20 bits per heavy atom. The van der Waals surface area contributed by atoms with Crippen molar-refractivity contribution in [1.82, 2.24) is 15.8 Å². The minimum atomic E-state index is -0.575. The van der Waals surface area contributed by atoms with Gasteiger partial charge in [-0.1, -0.05) is 0 Å². The van der Waals surface area contributed by atoms with Crippen LogP contribution in [-0.2, 0) is 4.74 Å². The molecule has 0 spiro atoms. The molecule has 0 unspecified atom stereocenters. The van der Waals surface area contributed by atoms with Gasteiger partial charge in [0.15, 0.2) is 0 Å². The Morgan fingerprint density at radius 1 is 1.33 bits per heavy atom. The second kappa shape index (κ2) is 5.43. The molecule has 15 heavy (non-hydrogen) atoms. The summed E-state index contributed by atoms with van der Waals surface area (Å²) >= 11 is 0. The topological polar surface area (TPSA) is 70.7 Å². The normalized spacial score (nSPS) is 10.5. The molecule has 0 aliphatic carbocycles. The van der Waals surface area contributed by atoms with Crippen molar-refractivity contribution in [3.63, 3.8) is 0 Å². The molecule has 0 aromatic rings. The van der Waals surface area contributed by atoms with Gasteiger partial charge in [0.1, 0.15) is 0 Å². The molecule has 0 saturated heterocycles. The van der Waals surface area contributed by atoms with Gasteiger partial charge in [0.05, 0.1) is 12.1 Å². The summed E-state index contributed by atoms with van der Waals surface area (Å²) in [4.78, 5) is 22.6. The summed E-state index contributed by atoms with van der Waals surface area (Å²) in [6.07, 6.45) is -0.575. The largest absolute Gasteiger partial charge is 0.448 e. The highest BCUT2D eigenvalue weighted by molar-refractivity contribution is 5.77. The van der Waals surface area contributed by atoms with Gasteiger partial charge >= 0.3 is 12.1 Å². The highest BCUT2D eigenvalue weighted by atomic mass is 16.6. The summed E-state index contributed by atoms with van der Waals surface area (Å²) in [5.74, 6) is 0. The zero-order chi connectivity index (χ0) is 12.1. The van der Waals surface area contributed by atoms with Crippen molar-refractivity contribution >= 4 is 12.1 Å². The molecule has 0 atom stereocenters. The van der Waals surface area contributed by atoms with E-state index in [0.29, 0.717) is 0 Å². The lowest BCUT2D eigenvalue weighted by atomic mass is 10.1. The zero-order valence-corrected chi connectivity index (χ0v) is 9.88. The molecule has 2 N–H and O–H groups in total. The molecule has 0 bridgehead atoms. The Balaban J connectivity index is 4.59. The molecule has 0 heterocycles. The van der Waals surface area contributed by atoms with Gasteiger partial charge in [-0.25, -0.2) is 20.0 Å². The van der Waals surface area contributed by atoms with Gasteiger partial charge in [-0.3, -0.25) is 0 Å². The van der Waals surface area contributed by atoms with Crippen LogP contribution in [0.3, 0.4) is 0 Å². The van der Waals surface area contributed by atoms with Crippen molar-refractivity contribution in [2.75, 3.05) is 13.7 Å². The molecule has 6 nitrogen and oxygen atoms in total. The van der Waals surface area contributed by atoms with Gasteiger partial charge in [0, 0.05) is 7.05 Å². The van der Waals surface area contributed by atoms with Crippen molar-refractivity contribution in [2.24, 2.45) is 0 Å². The van der Waals surface area contributed by atoms with Crippen LogP contribution < -0.4 is 10.7 Å². The Hall–Kier alpha value is -1.46. The fraction of sp³-hybridized carbons (Fsp3) is 0.778. The number of nitrogens with one attached hydrogen (secondary N) is 2. The van der Waals surface area contributed by atoms with Crippen molar-refractivity contribution < 1.29 is 14.3 Å². The summed E-state index contributed by atoms with van der Waals surface area (Å²) in [5.41, 5.74) is 1.86. The number of carbonyl (C=O) groups excluding carboxylic acids is 2. The first-order valence-electron chi connectivity index (χ1n) is 4.78. The number of amides is 3. The third kappa shape index (κ3) is 4.53. The van der Waals surface area contributed by atoms with Crippen LogP contribution in [-0.4, -0.2) is 36.3 Å². The highest BCUT2D eigenvalue weighted by Crippen LogP contribution is 2.11. The lowest BCUT2D eigenvalue weighted by molar-refractivity contribution is 0.0491. The van der Waals surface area contributed by atoms with E-state index in [0.717, 1.165) is 5.01 Å². The monoisotopic (exact) mass is 217 g/mol. The summed E-state index contributed by atoms with van der Waals surface area (Å²) in [6, 6.07) is -0.460. The molecular weight excluding hydrogens is 198 g/mol. The van der Waals surface area contributed by atoms with E-state index in [4.69, 9.17) is 4.74 Å². The molecule has 6 heteroatoms. The van der Waals surface area contributed by atoms with Gasteiger partial charge in [0.25, 0.3) is 0 Å². The van der Waals surface area contributed by atoms with Gasteiger partial charge in [-0.15, -0.1) is 0 Å². The third-order valence-electron chi connectivity index (χ3n) is 1.56. The number of carbonyl (C=O) groups is 2.